The average molecular weight is 356 g/mol. The highest BCUT2D eigenvalue weighted by molar-refractivity contribution is 9.10. The largest absolute Gasteiger partial charge is 0.398 e. The maximum Gasteiger partial charge on any atom is 0.243 e. The van der Waals surface area contributed by atoms with Crippen LogP contribution in [0.5, 0.6) is 0 Å². The third-order valence-electron chi connectivity index (χ3n) is 2.78. The number of anilines is 1. The first kappa shape index (κ1) is 15.0. The molecule has 1 unspecified atom stereocenters. The molecule has 0 amide bonds. The molecule has 1 aromatic heterocycles. The number of hydrogen-bond donors (Lipinski definition) is 2. The Bertz CT molecular complexity index is 705. The van der Waals surface area contributed by atoms with Crippen molar-refractivity contribution in [2.45, 2.75) is 17.9 Å². The summed E-state index contributed by atoms with van der Waals surface area (Å²) < 4.78 is 28.0. The molecule has 5 nitrogen and oxygen atoms in total. The Kier molecular flexibility index (Phi) is 4.42. The Hall–Kier alpha value is -1.44. The number of benzene rings is 1. The molecule has 3 N–H and O–H groups in total. The second-order valence-corrected chi connectivity index (χ2v) is 6.91. The number of pyridine rings is 1. The van der Waals surface area contributed by atoms with Gasteiger partial charge in [-0.3, -0.25) is 4.98 Å². The van der Waals surface area contributed by atoms with E-state index in [0.717, 1.165) is 10.0 Å². The number of nitrogens with two attached hydrogens (primary N) is 1. The predicted molar refractivity (Wildman–Crippen MR) is 81.5 cm³/mol. The summed E-state index contributed by atoms with van der Waals surface area (Å²) in [4.78, 5) is 4.04. The van der Waals surface area contributed by atoms with Gasteiger partial charge in [0.05, 0.1) is 5.69 Å². The van der Waals surface area contributed by atoms with Gasteiger partial charge in [0.1, 0.15) is 4.90 Å². The van der Waals surface area contributed by atoms with Crippen LogP contribution in [0.3, 0.4) is 0 Å². The second-order valence-electron chi connectivity index (χ2n) is 4.31. The summed E-state index contributed by atoms with van der Waals surface area (Å²) in [6, 6.07) is 7.84. The second kappa shape index (κ2) is 5.90. The normalized spacial score (nSPS) is 13.1. The van der Waals surface area contributed by atoms with Gasteiger partial charge in [0.15, 0.2) is 0 Å². The molecule has 0 bridgehead atoms. The number of aromatic nitrogens is 1. The molecule has 1 aromatic carbocycles. The van der Waals surface area contributed by atoms with Gasteiger partial charge in [-0.05, 0) is 36.8 Å². The van der Waals surface area contributed by atoms with Crippen LogP contribution in [0.15, 0.2) is 52.1 Å². The first-order valence-electron chi connectivity index (χ1n) is 5.87. The van der Waals surface area contributed by atoms with Crippen LogP contribution in [0.4, 0.5) is 5.69 Å². The van der Waals surface area contributed by atoms with E-state index in [0.29, 0.717) is 0 Å². The molecule has 0 radical (unpaired) electrons. The smallest absolute Gasteiger partial charge is 0.243 e. The van der Waals surface area contributed by atoms with Crippen molar-refractivity contribution in [3.63, 3.8) is 0 Å². The molecule has 2 aromatic rings. The summed E-state index contributed by atoms with van der Waals surface area (Å²) in [5, 5.41) is 0. The fourth-order valence-electron chi connectivity index (χ4n) is 1.76. The van der Waals surface area contributed by atoms with E-state index in [1.165, 1.54) is 6.07 Å². The summed E-state index contributed by atoms with van der Waals surface area (Å²) in [6.45, 7) is 1.75. The van der Waals surface area contributed by atoms with Gasteiger partial charge in [0, 0.05) is 22.9 Å². The van der Waals surface area contributed by atoms with Crippen molar-refractivity contribution < 1.29 is 8.42 Å². The van der Waals surface area contributed by atoms with Crippen LogP contribution in [-0.2, 0) is 10.0 Å². The molecule has 0 fully saturated rings. The molecule has 0 aliphatic rings. The van der Waals surface area contributed by atoms with Crippen LogP contribution >= 0.6 is 15.9 Å². The highest BCUT2D eigenvalue weighted by atomic mass is 79.9. The summed E-state index contributed by atoms with van der Waals surface area (Å²) >= 11 is 3.25. The van der Waals surface area contributed by atoms with Crippen molar-refractivity contribution in [3.8, 4) is 0 Å². The van der Waals surface area contributed by atoms with Gasteiger partial charge >= 0.3 is 0 Å². The van der Waals surface area contributed by atoms with Crippen molar-refractivity contribution in [2.75, 3.05) is 5.73 Å². The summed E-state index contributed by atoms with van der Waals surface area (Å²) in [7, 11) is -3.68. The van der Waals surface area contributed by atoms with Crippen LogP contribution in [0, 0.1) is 0 Å². The number of nitrogens with one attached hydrogen (secondary N) is 1. The minimum absolute atomic E-state index is 0.0661. The van der Waals surface area contributed by atoms with E-state index in [2.05, 4.69) is 25.6 Å². The van der Waals surface area contributed by atoms with Crippen LogP contribution < -0.4 is 10.5 Å². The molecule has 0 spiro atoms. The minimum atomic E-state index is -3.68. The molecule has 0 saturated heterocycles. The number of rotatable bonds is 4. The fourth-order valence-corrected chi connectivity index (χ4v) is 3.48. The van der Waals surface area contributed by atoms with Gasteiger partial charge in [-0.1, -0.05) is 22.0 Å². The van der Waals surface area contributed by atoms with Crippen molar-refractivity contribution in [3.05, 3.63) is 52.8 Å². The highest BCUT2D eigenvalue weighted by Crippen LogP contribution is 2.24. The lowest BCUT2D eigenvalue weighted by molar-refractivity contribution is 0.567. The standard InChI is InChI=1S/C13H14BrN3O2S/c1-9(10-3-2-6-16-8-10)17-20(18,19)13-5-4-11(14)7-12(13)15/h2-9,17H,15H2,1H3. The summed E-state index contributed by atoms with van der Waals surface area (Å²) in [5.74, 6) is 0. The number of sulfonamides is 1. The van der Waals surface area contributed by atoms with Crippen molar-refractivity contribution in [2.24, 2.45) is 0 Å². The molecular formula is C13H14BrN3O2S. The van der Waals surface area contributed by atoms with Crippen LogP contribution in [0.1, 0.15) is 18.5 Å². The Labute approximate surface area is 126 Å². The molecule has 2 rings (SSSR count). The Morgan fingerprint density at radius 1 is 1.35 bits per heavy atom. The van der Waals surface area contributed by atoms with Crippen LogP contribution in [0.25, 0.3) is 0 Å². The zero-order valence-corrected chi connectivity index (χ0v) is 13.1. The Balaban J connectivity index is 2.28. The number of nitrogens with zero attached hydrogens (tertiary/aromatic N) is 1. The highest BCUT2D eigenvalue weighted by Gasteiger charge is 2.20. The predicted octanol–water partition coefficient (Wildman–Crippen LogP) is 2.47. The maximum atomic E-state index is 12.3. The third kappa shape index (κ3) is 3.36. The van der Waals surface area contributed by atoms with E-state index in [1.807, 2.05) is 6.07 Å². The van der Waals surface area contributed by atoms with Gasteiger partial charge in [-0.2, -0.15) is 0 Å². The van der Waals surface area contributed by atoms with Gasteiger partial charge < -0.3 is 5.73 Å². The fraction of sp³-hybridized carbons (Fsp3) is 0.154. The van der Waals surface area contributed by atoms with Gasteiger partial charge in [-0.25, -0.2) is 13.1 Å². The molecule has 106 valence electrons. The Morgan fingerprint density at radius 3 is 2.70 bits per heavy atom. The quantitative estimate of drug-likeness (QED) is 0.825. The minimum Gasteiger partial charge on any atom is -0.398 e. The Morgan fingerprint density at radius 2 is 2.10 bits per heavy atom. The lowest BCUT2D eigenvalue weighted by Gasteiger charge is -2.15. The SMILES string of the molecule is CC(NS(=O)(=O)c1ccc(Br)cc1N)c1cccnc1. The number of halogens is 1. The van der Waals surface area contributed by atoms with Crippen molar-refractivity contribution in [1.29, 1.82) is 0 Å². The third-order valence-corrected chi connectivity index (χ3v) is 4.89. The van der Waals surface area contributed by atoms with E-state index in [4.69, 9.17) is 5.73 Å². The van der Waals surface area contributed by atoms with Crippen molar-refractivity contribution >= 4 is 31.6 Å². The molecule has 20 heavy (non-hydrogen) atoms. The molecule has 1 atom stereocenters. The van der Waals surface area contributed by atoms with E-state index < -0.39 is 16.1 Å². The van der Waals surface area contributed by atoms with Crippen LogP contribution in [-0.4, -0.2) is 13.4 Å². The lowest BCUT2D eigenvalue weighted by Crippen LogP contribution is -2.27. The zero-order chi connectivity index (χ0) is 14.8. The maximum absolute atomic E-state index is 12.3. The molecule has 0 saturated carbocycles. The first-order chi connectivity index (χ1) is 9.40. The van der Waals surface area contributed by atoms with E-state index >= 15 is 0 Å². The molecule has 0 aliphatic heterocycles. The van der Waals surface area contributed by atoms with Gasteiger partial charge in [0.2, 0.25) is 10.0 Å². The topological polar surface area (TPSA) is 85.1 Å². The van der Waals surface area contributed by atoms with E-state index in [1.54, 1.807) is 37.5 Å². The monoisotopic (exact) mass is 355 g/mol. The molecular weight excluding hydrogens is 342 g/mol. The number of nitrogen functional groups attached to an aromatic ring is 1. The van der Waals surface area contributed by atoms with Gasteiger partial charge in [-0.15, -0.1) is 0 Å². The summed E-state index contributed by atoms with van der Waals surface area (Å²) in [5.41, 5.74) is 6.74. The van der Waals surface area contributed by atoms with Crippen LogP contribution in [0.2, 0.25) is 0 Å². The lowest BCUT2D eigenvalue weighted by atomic mass is 10.2. The molecule has 7 heteroatoms. The van der Waals surface area contributed by atoms with E-state index in [-0.39, 0.29) is 10.6 Å². The zero-order valence-electron chi connectivity index (χ0n) is 10.7. The first-order valence-corrected chi connectivity index (χ1v) is 8.15. The average Bonchev–Trinajstić information content (AvgIpc) is 2.38. The number of hydrogen-bond acceptors (Lipinski definition) is 4. The van der Waals surface area contributed by atoms with E-state index in [9.17, 15) is 8.42 Å². The van der Waals surface area contributed by atoms with Gasteiger partial charge in [0.25, 0.3) is 0 Å². The summed E-state index contributed by atoms with van der Waals surface area (Å²) in [6.07, 6.45) is 3.26. The molecule has 0 aliphatic carbocycles. The van der Waals surface area contributed by atoms with Crippen molar-refractivity contribution in [1.82, 2.24) is 9.71 Å². The molecule has 1 heterocycles.